The molecule has 0 bridgehead atoms. The molecular weight excluding hydrogens is 262 g/mol. The van der Waals surface area contributed by atoms with Crippen LogP contribution in [0.3, 0.4) is 0 Å². The topological polar surface area (TPSA) is 67.5 Å². The second-order valence-electron chi connectivity index (χ2n) is 4.05. The van der Waals surface area contributed by atoms with Crippen LogP contribution in [0.1, 0.15) is 17.4 Å². The minimum Gasteiger partial charge on any atom is -0.493 e. The average Bonchev–Trinajstić information content (AvgIpc) is 2.93. The highest BCUT2D eigenvalue weighted by molar-refractivity contribution is 7.10. The highest BCUT2D eigenvalue weighted by Gasteiger charge is 2.15. The van der Waals surface area contributed by atoms with Crippen LogP contribution in [-0.4, -0.2) is 20.9 Å². The monoisotopic (exact) mass is 273 g/mol. The predicted octanol–water partition coefficient (Wildman–Crippen LogP) is 2.29. The van der Waals surface area contributed by atoms with Gasteiger partial charge in [-0.05, 0) is 19.1 Å². The molecule has 0 spiro atoms. The van der Waals surface area contributed by atoms with Crippen molar-refractivity contribution < 1.29 is 5.11 Å². The fraction of sp³-hybridized carbons (Fsp3) is 0.154. The number of aliphatic imine (C=N–C) groups is 1. The molecule has 96 valence electrons. The Balaban J connectivity index is 2.10. The predicted molar refractivity (Wildman–Crippen MR) is 76.2 cm³/mol. The molecule has 1 N–H and O–H groups in total. The maximum atomic E-state index is 11.7. The number of nitrogens with zero attached hydrogens (tertiary/aromatic N) is 3. The summed E-state index contributed by atoms with van der Waals surface area (Å²) >= 11 is 1.03. The van der Waals surface area contributed by atoms with Crippen LogP contribution in [0.15, 0.2) is 28.2 Å². The van der Waals surface area contributed by atoms with Gasteiger partial charge in [0.25, 0.3) is 0 Å². The maximum Gasteiger partial charge on any atom is 0.310 e. The van der Waals surface area contributed by atoms with Gasteiger partial charge >= 0.3 is 4.87 Å². The number of pyridine rings is 1. The number of thiazole rings is 1. The molecule has 0 saturated heterocycles. The van der Waals surface area contributed by atoms with E-state index in [1.165, 1.54) is 4.57 Å². The van der Waals surface area contributed by atoms with Gasteiger partial charge in [0, 0.05) is 30.1 Å². The van der Waals surface area contributed by atoms with Gasteiger partial charge in [-0.3, -0.25) is 19.3 Å². The highest BCUT2D eigenvalue weighted by Crippen LogP contribution is 2.33. The van der Waals surface area contributed by atoms with Crippen LogP contribution in [0.5, 0.6) is 5.88 Å². The van der Waals surface area contributed by atoms with Crippen molar-refractivity contribution in [1.29, 1.82) is 0 Å². The van der Waals surface area contributed by atoms with E-state index in [1.54, 1.807) is 24.7 Å². The van der Waals surface area contributed by atoms with E-state index in [9.17, 15) is 9.90 Å². The zero-order valence-corrected chi connectivity index (χ0v) is 11.0. The molecule has 2 aromatic rings. The quantitative estimate of drug-likeness (QED) is 0.912. The fourth-order valence-corrected chi connectivity index (χ4v) is 2.89. The minimum absolute atomic E-state index is 0.0147. The summed E-state index contributed by atoms with van der Waals surface area (Å²) in [4.78, 5) is 20.3. The summed E-state index contributed by atoms with van der Waals surface area (Å²) in [6.45, 7) is 2.28. The van der Waals surface area contributed by atoms with Crippen LogP contribution in [-0.2, 0) is 6.54 Å². The van der Waals surface area contributed by atoms with E-state index in [-0.39, 0.29) is 10.8 Å². The largest absolute Gasteiger partial charge is 0.493 e. The third kappa shape index (κ3) is 1.90. The zero-order valence-electron chi connectivity index (χ0n) is 10.2. The first-order valence-electron chi connectivity index (χ1n) is 5.83. The number of hydrogen-bond donors (Lipinski definition) is 1. The van der Waals surface area contributed by atoms with Gasteiger partial charge in [0.05, 0.1) is 16.8 Å². The molecule has 3 heterocycles. The van der Waals surface area contributed by atoms with Crippen LogP contribution in [0.2, 0.25) is 0 Å². The molecule has 1 aliphatic rings. The smallest absolute Gasteiger partial charge is 0.310 e. The van der Waals surface area contributed by atoms with Gasteiger partial charge in [-0.2, -0.15) is 0 Å². The molecule has 0 amide bonds. The molecule has 0 aromatic carbocycles. The average molecular weight is 273 g/mol. The Kier molecular flexibility index (Phi) is 2.79. The van der Waals surface area contributed by atoms with Crippen molar-refractivity contribution in [3.8, 4) is 5.88 Å². The third-order valence-electron chi connectivity index (χ3n) is 2.95. The Morgan fingerprint density at radius 3 is 3.11 bits per heavy atom. The van der Waals surface area contributed by atoms with Gasteiger partial charge in [0.2, 0.25) is 5.88 Å². The van der Waals surface area contributed by atoms with Gasteiger partial charge < -0.3 is 5.11 Å². The number of allylic oxidation sites excluding steroid dienone is 1. The Morgan fingerprint density at radius 1 is 1.53 bits per heavy atom. The van der Waals surface area contributed by atoms with Crippen LogP contribution in [0.4, 0.5) is 5.69 Å². The van der Waals surface area contributed by atoms with Crippen molar-refractivity contribution >= 4 is 34.9 Å². The number of fused-ring (bicyclic) bond motifs is 1. The minimum atomic E-state index is -0.156. The normalized spacial score (nSPS) is 15.1. The van der Waals surface area contributed by atoms with E-state index in [2.05, 4.69) is 9.98 Å². The van der Waals surface area contributed by atoms with Crippen molar-refractivity contribution in [1.82, 2.24) is 9.55 Å². The molecule has 3 rings (SSSR count). The number of hydrogen-bond acceptors (Lipinski definition) is 5. The molecule has 19 heavy (non-hydrogen) atoms. The van der Waals surface area contributed by atoms with Crippen molar-refractivity contribution in [2.75, 3.05) is 0 Å². The lowest BCUT2D eigenvalue weighted by Crippen LogP contribution is -2.09. The summed E-state index contributed by atoms with van der Waals surface area (Å²) in [7, 11) is 0. The summed E-state index contributed by atoms with van der Waals surface area (Å²) in [6, 6.07) is 1.87. The van der Waals surface area contributed by atoms with Crippen molar-refractivity contribution in [2.45, 2.75) is 13.5 Å². The maximum absolute atomic E-state index is 11.7. The van der Waals surface area contributed by atoms with E-state index in [1.807, 2.05) is 13.0 Å². The van der Waals surface area contributed by atoms with E-state index in [0.717, 1.165) is 28.2 Å². The van der Waals surface area contributed by atoms with Crippen molar-refractivity contribution in [3.05, 3.63) is 38.6 Å². The van der Waals surface area contributed by atoms with Crippen LogP contribution in [0, 0.1) is 0 Å². The molecule has 0 unspecified atom stereocenters. The first-order valence-corrected chi connectivity index (χ1v) is 6.65. The first kappa shape index (κ1) is 11.9. The lowest BCUT2D eigenvalue weighted by molar-refractivity contribution is 0.417. The van der Waals surface area contributed by atoms with Gasteiger partial charge in [-0.1, -0.05) is 11.3 Å². The lowest BCUT2D eigenvalue weighted by Gasteiger charge is -1.99. The second-order valence-corrected chi connectivity index (χ2v) is 5.04. The van der Waals surface area contributed by atoms with E-state index in [0.29, 0.717) is 11.4 Å². The number of aromatic hydroxyl groups is 1. The molecule has 0 atom stereocenters. The van der Waals surface area contributed by atoms with Gasteiger partial charge in [0.15, 0.2) is 0 Å². The van der Waals surface area contributed by atoms with Crippen molar-refractivity contribution in [2.24, 2.45) is 4.99 Å². The van der Waals surface area contributed by atoms with Crippen LogP contribution < -0.4 is 4.87 Å². The molecular formula is C13H11N3O2S. The lowest BCUT2D eigenvalue weighted by atomic mass is 10.1. The zero-order chi connectivity index (χ0) is 13.4. The first-order chi connectivity index (χ1) is 9.20. The molecule has 2 aromatic heterocycles. The number of rotatable bonds is 2. The molecule has 0 radical (unpaired) electrons. The number of aromatic nitrogens is 2. The summed E-state index contributed by atoms with van der Waals surface area (Å²) in [5.41, 5.74) is 2.63. The molecule has 0 fully saturated rings. The van der Waals surface area contributed by atoms with E-state index >= 15 is 0 Å². The van der Waals surface area contributed by atoms with Gasteiger partial charge in [-0.15, -0.1) is 0 Å². The van der Waals surface area contributed by atoms with E-state index < -0.39 is 0 Å². The van der Waals surface area contributed by atoms with Crippen molar-refractivity contribution in [3.63, 3.8) is 0 Å². The van der Waals surface area contributed by atoms with Crippen LogP contribution >= 0.6 is 11.3 Å². The molecule has 0 saturated carbocycles. The Bertz CT molecular complexity index is 755. The summed E-state index contributed by atoms with van der Waals surface area (Å²) in [5, 5.41) is 9.99. The molecule has 0 aliphatic carbocycles. The van der Waals surface area contributed by atoms with E-state index in [4.69, 9.17) is 0 Å². The Morgan fingerprint density at radius 2 is 2.37 bits per heavy atom. The molecule has 5 nitrogen and oxygen atoms in total. The Hall–Kier alpha value is -2.21. The summed E-state index contributed by atoms with van der Waals surface area (Å²) in [6.07, 6.45) is 6.88. The second kappa shape index (κ2) is 4.47. The fourth-order valence-electron chi connectivity index (χ4n) is 1.99. The van der Waals surface area contributed by atoms with Crippen LogP contribution in [0.25, 0.3) is 11.6 Å². The molecule has 6 heteroatoms. The molecule has 1 aliphatic heterocycles. The highest BCUT2D eigenvalue weighted by atomic mass is 32.1. The summed E-state index contributed by atoms with van der Waals surface area (Å²) < 4.78 is 1.34. The van der Waals surface area contributed by atoms with Gasteiger partial charge in [0.1, 0.15) is 0 Å². The third-order valence-corrected chi connectivity index (χ3v) is 3.87. The van der Waals surface area contributed by atoms with Gasteiger partial charge in [-0.25, -0.2) is 0 Å². The summed E-state index contributed by atoms with van der Waals surface area (Å²) in [5.74, 6) is 0.0147. The standard InChI is InChI=1S/C13H11N3O2S/c1-2-16-12(17)11(19-13(16)18)5-8-6-15-10-7-14-4-3-9(8)10/h3-7,17H,2H2,1H3. The Labute approximate surface area is 113 Å². The SMILES string of the molecule is CCn1c(O)c(C=C2C=Nc3cnccc32)sc1=O.